The third-order valence-corrected chi connectivity index (χ3v) is 12.9. The van der Waals surface area contributed by atoms with Crippen molar-refractivity contribution in [2.24, 2.45) is 0 Å². The van der Waals surface area contributed by atoms with Crippen molar-refractivity contribution in [2.45, 2.75) is 0 Å². The van der Waals surface area contributed by atoms with Gasteiger partial charge in [-0.25, -0.2) is 0 Å². The van der Waals surface area contributed by atoms with E-state index in [9.17, 15) is 0 Å². The molecule has 1 aliphatic heterocycles. The number of benzene rings is 10. The molecule has 0 spiro atoms. The second-order valence-electron chi connectivity index (χ2n) is 16.3. The molecule has 12 aromatic rings. The van der Waals surface area contributed by atoms with Gasteiger partial charge in [0.1, 0.15) is 22.7 Å². The molecule has 0 unspecified atom stereocenters. The number of hydrogen-bond donors (Lipinski definition) is 0. The van der Waals surface area contributed by atoms with Crippen LogP contribution in [0.15, 0.2) is 229 Å². The SMILES string of the molecule is c1ccc(N(c2ccc3c(c2)-c2ccccc2-c2ccccc2O3)c2ccc3c4ccccc4c4ccccc4c4ccccc4c4c(ccc5c6ccccc6oc54)c3c2)cc1. The van der Waals surface area contributed by atoms with Crippen molar-refractivity contribution < 1.29 is 9.15 Å². The first-order valence-corrected chi connectivity index (χ1v) is 21.5. The second kappa shape index (κ2) is 14.1. The van der Waals surface area contributed by atoms with Crippen molar-refractivity contribution in [3.05, 3.63) is 224 Å². The Bertz CT molecular complexity index is 3900. The summed E-state index contributed by atoms with van der Waals surface area (Å²) in [5, 5.41) is 13.7. The molecule has 0 amide bonds. The third-order valence-electron chi connectivity index (χ3n) is 12.9. The normalized spacial score (nSPS) is 11.9. The Hall–Kier alpha value is -8.40. The van der Waals surface area contributed by atoms with Crippen LogP contribution < -0.4 is 9.64 Å². The zero-order valence-electron chi connectivity index (χ0n) is 34.1. The molecule has 3 heteroatoms. The van der Waals surface area contributed by atoms with E-state index in [1.54, 1.807) is 0 Å². The topological polar surface area (TPSA) is 25.6 Å². The highest BCUT2D eigenvalue weighted by Crippen LogP contribution is 2.50. The van der Waals surface area contributed by atoms with E-state index in [0.29, 0.717) is 0 Å². The molecule has 0 aliphatic carbocycles. The summed E-state index contributed by atoms with van der Waals surface area (Å²) in [5.41, 5.74) is 9.28. The molecule has 2 heterocycles. The van der Waals surface area contributed by atoms with Gasteiger partial charge in [0.15, 0.2) is 0 Å². The van der Waals surface area contributed by atoms with E-state index in [1.807, 2.05) is 6.07 Å². The molecule has 3 nitrogen and oxygen atoms in total. The number of rotatable bonds is 3. The Morgan fingerprint density at radius 3 is 1.44 bits per heavy atom. The van der Waals surface area contributed by atoms with Gasteiger partial charge in [0, 0.05) is 44.3 Å². The smallest absolute Gasteiger partial charge is 0.143 e. The molecule has 0 atom stereocenters. The molecular formula is C60H37NO2. The predicted octanol–water partition coefficient (Wildman–Crippen LogP) is 17.4. The maximum Gasteiger partial charge on any atom is 0.143 e. The van der Waals surface area contributed by atoms with Crippen LogP contribution >= 0.6 is 0 Å². The lowest BCUT2D eigenvalue weighted by Crippen LogP contribution is -2.10. The average molecular weight is 804 g/mol. The monoisotopic (exact) mass is 803 g/mol. The van der Waals surface area contributed by atoms with Gasteiger partial charge in [-0.1, -0.05) is 164 Å². The van der Waals surface area contributed by atoms with Crippen LogP contribution in [0.4, 0.5) is 17.1 Å². The van der Waals surface area contributed by atoms with Gasteiger partial charge in [-0.05, 0) is 120 Å². The van der Waals surface area contributed by atoms with Gasteiger partial charge in [-0.15, -0.1) is 0 Å². The molecule has 0 N–H and O–H groups in total. The summed E-state index contributed by atoms with van der Waals surface area (Å²) in [4.78, 5) is 2.37. The molecule has 0 saturated heterocycles. The number of furan rings is 1. The number of fused-ring (bicyclic) bond motifs is 19. The van der Waals surface area contributed by atoms with Gasteiger partial charge in [0.05, 0.1) is 0 Å². The Kier molecular flexibility index (Phi) is 7.91. The van der Waals surface area contributed by atoms with E-state index in [4.69, 9.17) is 9.15 Å². The minimum Gasteiger partial charge on any atom is -0.456 e. The van der Waals surface area contributed by atoms with E-state index in [0.717, 1.165) is 105 Å². The van der Waals surface area contributed by atoms with Crippen LogP contribution in [0.2, 0.25) is 0 Å². The van der Waals surface area contributed by atoms with Crippen LogP contribution in [0.1, 0.15) is 0 Å². The number of para-hydroxylation sites is 3. The molecule has 63 heavy (non-hydrogen) atoms. The highest BCUT2D eigenvalue weighted by Gasteiger charge is 2.23. The summed E-state index contributed by atoms with van der Waals surface area (Å²) < 4.78 is 13.7. The number of nitrogens with zero attached hydrogens (tertiary/aromatic N) is 1. The first-order valence-electron chi connectivity index (χ1n) is 21.5. The summed E-state index contributed by atoms with van der Waals surface area (Å²) in [6.45, 7) is 0. The minimum absolute atomic E-state index is 0.828. The first kappa shape index (κ1) is 35.4. The van der Waals surface area contributed by atoms with E-state index in [-0.39, 0.29) is 0 Å². The van der Waals surface area contributed by atoms with Gasteiger partial charge in [0.25, 0.3) is 0 Å². The largest absolute Gasteiger partial charge is 0.456 e. The number of anilines is 3. The van der Waals surface area contributed by atoms with Crippen molar-refractivity contribution in [1.82, 2.24) is 0 Å². The van der Waals surface area contributed by atoms with Crippen LogP contribution in [0, 0.1) is 0 Å². The molecule has 294 valence electrons. The summed E-state index contributed by atoms with van der Waals surface area (Å²) in [5.74, 6) is 1.68. The molecule has 1 aromatic heterocycles. The Labute approximate surface area is 363 Å². The Morgan fingerprint density at radius 1 is 0.270 bits per heavy atom. The van der Waals surface area contributed by atoms with Gasteiger partial charge >= 0.3 is 0 Å². The lowest BCUT2D eigenvalue weighted by Gasteiger charge is -2.27. The predicted molar refractivity (Wildman–Crippen MR) is 265 cm³/mol. The van der Waals surface area contributed by atoms with Crippen LogP contribution in [0.25, 0.3) is 98.1 Å². The zero-order chi connectivity index (χ0) is 41.4. The average Bonchev–Trinajstić information content (AvgIpc) is 3.67. The van der Waals surface area contributed by atoms with E-state index in [2.05, 4.69) is 223 Å². The molecule has 1 aliphatic rings. The van der Waals surface area contributed by atoms with Gasteiger partial charge in [0.2, 0.25) is 0 Å². The van der Waals surface area contributed by atoms with Crippen molar-refractivity contribution in [2.75, 3.05) is 4.90 Å². The summed E-state index contributed by atoms with van der Waals surface area (Å²) in [6.07, 6.45) is 0. The van der Waals surface area contributed by atoms with E-state index in [1.165, 1.54) is 21.5 Å². The quantitative estimate of drug-likeness (QED) is 0.178. The van der Waals surface area contributed by atoms with Crippen LogP contribution in [-0.2, 0) is 0 Å². The summed E-state index contributed by atoms with van der Waals surface area (Å²) >= 11 is 0. The maximum absolute atomic E-state index is 6.96. The van der Waals surface area contributed by atoms with Crippen LogP contribution in [0.5, 0.6) is 11.5 Å². The van der Waals surface area contributed by atoms with E-state index >= 15 is 0 Å². The molecule has 0 bridgehead atoms. The van der Waals surface area contributed by atoms with Crippen molar-refractivity contribution >= 4 is 92.9 Å². The third kappa shape index (κ3) is 5.53. The molecule has 13 rings (SSSR count). The van der Waals surface area contributed by atoms with Crippen molar-refractivity contribution in [3.63, 3.8) is 0 Å². The van der Waals surface area contributed by atoms with Gasteiger partial charge in [-0.3, -0.25) is 0 Å². The number of hydrogen-bond acceptors (Lipinski definition) is 3. The molecule has 11 aromatic carbocycles. The standard InChI is InChI=1S/C60H37NO2/c1-2-16-38(17-3-1)61(40-31-35-58-55(37-40)47-24-9-8-22-45(47)49-25-12-14-28-56(49)62-58)39-30-32-48-44-21-7-5-19-42(44)41-18-4-6-20-43(41)46-23-10-11-27-51(46)59-52(54(48)36-39)33-34-53-50-26-13-15-29-57(50)63-60(53)59/h1-37H. The first-order chi connectivity index (χ1) is 31.3. The molecular weight excluding hydrogens is 767 g/mol. The number of ether oxygens (including phenoxy) is 1. The maximum atomic E-state index is 6.96. The fraction of sp³-hybridized carbons (Fsp3) is 0. The fourth-order valence-electron chi connectivity index (χ4n) is 10.1. The Balaban J connectivity index is 1.18. The van der Waals surface area contributed by atoms with Gasteiger partial charge < -0.3 is 14.1 Å². The highest BCUT2D eigenvalue weighted by molar-refractivity contribution is 6.31. The lowest BCUT2D eigenvalue weighted by molar-refractivity contribution is 0.488. The summed E-state index contributed by atoms with van der Waals surface area (Å²) in [6, 6.07) is 80.6. The van der Waals surface area contributed by atoms with Crippen LogP contribution in [0.3, 0.4) is 0 Å². The van der Waals surface area contributed by atoms with Gasteiger partial charge in [-0.2, -0.15) is 0 Å². The molecule has 0 radical (unpaired) electrons. The van der Waals surface area contributed by atoms with Crippen molar-refractivity contribution in [3.8, 4) is 33.8 Å². The second-order valence-corrected chi connectivity index (χ2v) is 16.3. The van der Waals surface area contributed by atoms with Crippen molar-refractivity contribution in [1.29, 1.82) is 0 Å². The van der Waals surface area contributed by atoms with Crippen LogP contribution in [-0.4, -0.2) is 0 Å². The zero-order valence-corrected chi connectivity index (χ0v) is 34.1. The fourth-order valence-corrected chi connectivity index (χ4v) is 10.1. The molecule has 0 saturated carbocycles. The lowest BCUT2D eigenvalue weighted by atomic mass is 9.93. The minimum atomic E-state index is 0.828. The van der Waals surface area contributed by atoms with E-state index < -0.39 is 0 Å². The Morgan fingerprint density at radius 2 is 0.730 bits per heavy atom. The highest BCUT2D eigenvalue weighted by atomic mass is 16.5. The molecule has 0 fully saturated rings. The summed E-state index contributed by atoms with van der Waals surface area (Å²) in [7, 11) is 0.